The van der Waals surface area contributed by atoms with E-state index in [1.807, 2.05) is 12.1 Å². The second-order valence-electron chi connectivity index (χ2n) is 5.73. The average Bonchev–Trinajstić information content (AvgIpc) is 3.02. The van der Waals surface area contributed by atoms with E-state index < -0.39 is 0 Å². The lowest BCUT2D eigenvalue weighted by Gasteiger charge is -2.24. The third kappa shape index (κ3) is 2.57. The molecular weight excluding hydrogens is 302 g/mol. The summed E-state index contributed by atoms with van der Waals surface area (Å²) >= 11 is 6.28. The van der Waals surface area contributed by atoms with E-state index in [2.05, 4.69) is 11.4 Å². The van der Waals surface area contributed by atoms with Crippen molar-refractivity contribution in [1.82, 2.24) is 5.32 Å². The van der Waals surface area contributed by atoms with Crippen molar-refractivity contribution in [3.63, 3.8) is 0 Å². The van der Waals surface area contributed by atoms with Crippen LogP contribution in [0.25, 0.3) is 0 Å². The van der Waals surface area contributed by atoms with Gasteiger partial charge in [-0.3, -0.25) is 0 Å². The highest BCUT2D eigenvalue weighted by Crippen LogP contribution is 2.38. The Hall–Kier alpha value is -1.65. The van der Waals surface area contributed by atoms with Crippen LogP contribution in [0.15, 0.2) is 28.9 Å². The predicted octanol–water partition coefficient (Wildman–Crippen LogP) is 3.87. The third-order valence-electron chi connectivity index (χ3n) is 4.26. The van der Waals surface area contributed by atoms with Crippen LogP contribution < -0.4 is 14.8 Å². The first-order valence-electron chi connectivity index (χ1n) is 7.69. The van der Waals surface area contributed by atoms with Gasteiger partial charge in [-0.1, -0.05) is 11.6 Å². The summed E-state index contributed by atoms with van der Waals surface area (Å²) in [5, 5.41) is 4.21. The van der Waals surface area contributed by atoms with Crippen molar-refractivity contribution in [2.75, 3.05) is 13.2 Å². The molecular formula is C17H18ClNO3. The summed E-state index contributed by atoms with van der Waals surface area (Å²) in [4.78, 5) is 0. The lowest BCUT2D eigenvalue weighted by Crippen LogP contribution is -2.24. The molecule has 2 aliphatic rings. The zero-order chi connectivity index (χ0) is 14.9. The van der Waals surface area contributed by atoms with E-state index in [9.17, 15) is 0 Å². The Morgan fingerprint density at radius 1 is 1.23 bits per heavy atom. The Morgan fingerprint density at radius 3 is 3.09 bits per heavy atom. The summed E-state index contributed by atoms with van der Waals surface area (Å²) in [7, 11) is 0. The fourth-order valence-electron chi connectivity index (χ4n) is 3.21. The molecule has 2 heterocycles. The molecule has 1 aliphatic carbocycles. The quantitative estimate of drug-likeness (QED) is 0.932. The highest BCUT2D eigenvalue weighted by atomic mass is 35.5. The number of benzene rings is 1. The molecule has 0 amide bonds. The molecule has 1 N–H and O–H groups in total. The number of hydrogen-bond donors (Lipinski definition) is 1. The lowest BCUT2D eigenvalue weighted by molar-refractivity contribution is 0.171. The van der Waals surface area contributed by atoms with Crippen molar-refractivity contribution >= 4 is 11.6 Å². The van der Waals surface area contributed by atoms with Gasteiger partial charge in [0, 0.05) is 24.6 Å². The fourth-order valence-corrected chi connectivity index (χ4v) is 3.49. The molecule has 0 saturated carbocycles. The van der Waals surface area contributed by atoms with E-state index in [-0.39, 0.29) is 0 Å². The molecule has 5 heteroatoms. The topological polar surface area (TPSA) is 43.6 Å². The third-order valence-corrected chi connectivity index (χ3v) is 4.54. The molecule has 0 fully saturated rings. The fraction of sp³-hybridized carbons (Fsp3) is 0.412. The molecule has 0 saturated heterocycles. The number of halogens is 1. The number of fused-ring (bicyclic) bond motifs is 2. The molecule has 4 rings (SSSR count). The molecule has 1 aliphatic heterocycles. The minimum atomic E-state index is 0.342. The molecule has 1 unspecified atom stereocenters. The van der Waals surface area contributed by atoms with E-state index in [0.717, 1.165) is 42.9 Å². The summed E-state index contributed by atoms with van der Waals surface area (Å²) in [6.07, 6.45) is 5.10. The SMILES string of the molecule is Clc1cc(CNC2CCCc3occc32)cc2c1OCCO2. The molecule has 2 aromatic rings. The predicted molar refractivity (Wildman–Crippen MR) is 83.7 cm³/mol. The number of aryl methyl sites for hydroxylation is 1. The van der Waals surface area contributed by atoms with Gasteiger partial charge in [0.15, 0.2) is 11.5 Å². The van der Waals surface area contributed by atoms with Crippen molar-refractivity contribution in [3.05, 3.63) is 46.4 Å². The van der Waals surface area contributed by atoms with Gasteiger partial charge in [0.2, 0.25) is 0 Å². The van der Waals surface area contributed by atoms with Crippen LogP contribution in [0.4, 0.5) is 0 Å². The number of rotatable bonds is 3. The molecule has 22 heavy (non-hydrogen) atoms. The van der Waals surface area contributed by atoms with Crippen molar-refractivity contribution in [2.24, 2.45) is 0 Å². The van der Waals surface area contributed by atoms with E-state index in [0.29, 0.717) is 30.0 Å². The van der Waals surface area contributed by atoms with Gasteiger partial charge in [0.05, 0.1) is 11.3 Å². The van der Waals surface area contributed by atoms with Crippen LogP contribution in [0.2, 0.25) is 5.02 Å². The number of furan rings is 1. The monoisotopic (exact) mass is 319 g/mol. The maximum atomic E-state index is 6.28. The minimum absolute atomic E-state index is 0.342. The van der Waals surface area contributed by atoms with E-state index in [4.69, 9.17) is 25.5 Å². The van der Waals surface area contributed by atoms with Gasteiger partial charge in [0.1, 0.15) is 19.0 Å². The summed E-state index contributed by atoms with van der Waals surface area (Å²) < 4.78 is 16.7. The Morgan fingerprint density at radius 2 is 2.14 bits per heavy atom. The van der Waals surface area contributed by atoms with Crippen molar-refractivity contribution in [3.8, 4) is 11.5 Å². The van der Waals surface area contributed by atoms with Gasteiger partial charge >= 0.3 is 0 Å². The molecule has 116 valence electrons. The Labute approximate surface area is 134 Å². The summed E-state index contributed by atoms with van der Waals surface area (Å²) in [5.41, 5.74) is 2.39. The smallest absolute Gasteiger partial charge is 0.179 e. The average molecular weight is 320 g/mol. The first-order chi connectivity index (χ1) is 10.8. The van der Waals surface area contributed by atoms with Crippen LogP contribution in [-0.4, -0.2) is 13.2 Å². The summed E-state index contributed by atoms with van der Waals surface area (Å²) in [5.74, 6) is 2.51. The van der Waals surface area contributed by atoms with Crippen molar-refractivity contribution in [1.29, 1.82) is 0 Å². The standard InChI is InChI=1S/C17H18ClNO3/c18-13-8-11(9-16-17(13)22-7-6-21-16)10-19-14-2-1-3-15-12(14)4-5-20-15/h4-5,8-9,14,19H,1-3,6-7,10H2. The molecule has 4 nitrogen and oxygen atoms in total. The van der Waals surface area contributed by atoms with Gasteiger partial charge in [-0.05, 0) is 36.6 Å². The number of hydrogen-bond acceptors (Lipinski definition) is 4. The van der Waals surface area contributed by atoms with Crippen LogP contribution in [0.3, 0.4) is 0 Å². The van der Waals surface area contributed by atoms with Gasteiger partial charge in [0.25, 0.3) is 0 Å². The second-order valence-corrected chi connectivity index (χ2v) is 6.13. The van der Waals surface area contributed by atoms with Crippen molar-refractivity contribution in [2.45, 2.75) is 31.8 Å². The van der Waals surface area contributed by atoms with Crippen molar-refractivity contribution < 1.29 is 13.9 Å². The molecule has 1 aromatic heterocycles. The maximum Gasteiger partial charge on any atom is 0.179 e. The molecule has 0 radical (unpaired) electrons. The van der Waals surface area contributed by atoms with Crippen LogP contribution in [0.5, 0.6) is 11.5 Å². The molecule has 1 atom stereocenters. The number of nitrogens with one attached hydrogen (secondary N) is 1. The first-order valence-corrected chi connectivity index (χ1v) is 8.07. The first kappa shape index (κ1) is 14.0. The maximum absolute atomic E-state index is 6.28. The highest BCUT2D eigenvalue weighted by molar-refractivity contribution is 6.32. The van der Waals surface area contributed by atoms with Crippen LogP contribution in [0.1, 0.15) is 35.8 Å². The Bertz CT molecular complexity index is 683. The Balaban J connectivity index is 1.50. The number of ether oxygens (including phenoxy) is 2. The lowest BCUT2D eigenvalue weighted by atomic mass is 9.93. The summed E-state index contributed by atoms with van der Waals surface area (Å²) in [6, 6.07) is 6.37. The van der Waals surface area contributed by atoms with Gasteiger partial charge in [-0.2, -0.15) is 0 Å². The largest absolute Gasteiger partial charge is 0.486 e. The van der Waals surface area contributed by atoms with Gasteiger partial charge < -0.3 is 19.2 Å². The molecule has 1 aromatic carbocycles. The van der Waals surface area contributed by atoms with E-state index >= 15 is 0 Å². The van der Waals surface area contributed by atoms with Gasteiger partial charge in [-0.25, -0.2) is 0 Å². The molecule has 0 spiro atoms. The normalized spacial score (nSPS) is 19.8. The Kier molecular flexibility index (Phi) is 3.72. The van der Waals surface area contributed by atoms with Crippen LogP contribution >= 0.6 is 11.6 Å². The second kappa shape index (κ2) is 5.86. The highest BCUT2D eigenvalue weighted by Gasteiger charge is 2.22. The van der Waals surface area contributed by atoms with Crippen LogP contribution in [-0.2, 0) is 13.0 Å². The zero-order valence-corrected chi connectivity index (χ0v) is 13.0. The van der Waals surface area contributed by atoms with Crippen LogP contribution in [0, 0.1) is 0 Å². The zero-order valence-electron chi connectivity index (χ0n) is 12.2. The summed E-state index contributed by atoms with van der Waals surface area (Å²) in [6.45, 7) is 1.86. The minimum Gasteiger partial charge on any atom is -0.486 e. The molecule has 0 bridgehead atoms. The van der Waals surface area contributed by atoms with Gasteiger partial charge in [-0.15, -0.1) is 0 Å². The van der Waals surface area contributed by atoms with E-state index in [1.54, 1.807) is 6.26 Å². The van der Waals surface area contributed by atoms with E-state index in [1.165, 1.54) is 5.56 Å².